The summed E-state index contributed by atoms with van der Waals surface area (Å²) in [5.41, 5.74) is 5.09. The van der Waals surface area contributed by atoms with Crippen LogP contribution in [0.1, 0.15) is 43.2 Å². The van der Waals surface area contributed by atoms with Crippen LogP contribution in [0, 0.1) is 5.92 Å². The van der Waals surface area contributed by atoms with Gasteiger partial charge in [-0.15, -0.1) is 0 Å². The summed E-state index contributed by atoms with van der Waals surface area (Å²) in [5.74, 6) is 0.613. The maximum Gasteiger partial charge on any atom is 0.0595 e. The second kappa shape index (κ2) is 12.1. The van der Waals surface area contributed by atoms with Gasteiger partial charge in [-0.1, -0.05) is 83.9 Å². The van der Waals surface area contributed by atoms with Gasteiger partial charge in [0, 0.05) is 25.7 Å². The van der Waals surface area contributed by atoms with Gasteiger partial charge in [0.05, 0.1) is 16.1 Å². The van der Waals surface area contributed by atoms with Crippen molar-refractivity contribution >= 4 is 23.2 Å². The van der Waals surface area contributed by atoms with Crippen LogP contribution in [0.4, 0.5) is 0 Å². The van der Waals surface area contributed by atoms with Crippen LogP contribution in [0.3, 0.4) is 0 Å². The lowest BCUT2D eigenvalue weighted by molar-refractivity contribution is 0.00899. The summed E-state index contributed by atoms with van der Waals surface area (Å²) < 4.78 is 0. The molecule has 0 amide bonds. The molecular formula is C31H36Cl2N2O. The van der Waals surface area contributed by atoms with E-state index >= 15 is 0 Å². The summed E-state index contributed by atoms with van der Waals surface area (Å²) in [6.07, 6.45) is 5.16. The maximum absolute atomic E-state index is 10.6. The molecule has 3 aromatic carbocycles. The molecule has 2 aliphatic heterocycles. The molecule has 190 valence electrons. The zero-order chi connectivity index (χ0) is 24.9. The van der Waals surface area contributed by atoms with Gasteiger partial charge in [0.1, 0.15) is 0 Å². The van der Waals surface area contributed by atoms with Gasteiger partial charge in [0.15, 0.2) is 0 Å². The Labute approximate surface area is 225 Å². The number of nitrogens with zero attached hydrogens (tertiary/aromatic N) is 2. The fourth-order valence-electron chi connectivity index (χ4n) is 6.00. The standard InChI is InChI=1S/C31H36Cl2N2O/c32-29-13-10-24(19-30(29)33)21-34-16-4-7-27(14-17-34)31-20-28(36)15-18-35(31)22-23-8-11-26(12-9-23)25-5-2-1-3-6-25/h1-3,5-6,8-13,19,27-28,31,36H,4,7,14-18,20-22H2. The molecule has 0 aliphatic carbocycles. The summed E-state index contributed by atoms with van der Waals surface area (Å²) >= 11 is 12.3. The molecule has 0 aromatic heterocycles. The molecule has 0 bridgehead atoms. The SMILES string of the molecule is OC1CCN(Cc2ccc(-c3ccccc3)cc2)C(C2CCCN(Cc3ccc(Cl)c(Cl)c3)CC2)C1. The Hall–Kier alpha value is -1.88. The van der Waals surface area contributed by atoms with Crippen LogP contribution in [-0.4, -0.2) is 46.7 Å². The lowest BCUT2D eigenvalue weighted by Crippen LogP contribution is -2.48. The molecule has 2 aliphatic rings. The molecule has 2 heterocycles. The van der Waals surface area contributed by atoms with Gasteiger partial charge in [0.2, 0.25) is 0 Å². The Morgan fingerprint density at radius 2 is 1.47 bits per heavy atom. The average Bonchev–Trinajstić information content (AvgIpc) is 3.14. The van der Waals surface area contributed by atoms with Crippen LogP contribution in [0.2, 0.25) is 10.0 Å². The number of hydrogen-bond donors (Lipinski definition) is 1. The van der Waals surface area contributed by atoms with E-state index in [2.05, 4.69) is 70.5 Å². The predicted octanol–water partition coefficient (Wildman–Crippen LogP) is 7.29. The van der Waals surface area contributed by atoms with Crippen molar-refractivity contribution in [2.75, 3.05) is 19.6 Å². The molecule has 1 N–H and O–H groups in total. The van der Waals surface area contributed by atoms with E-state index in [4.69, 9.17) is 23.2 Å². The Morgan fingerprint density at radius 3 is 2.25 bits per heavy atom. The second-order valence-electron chi connectivity index (χ2n) is 10.5. The van der Waals surface area contributed by atoms with Crippen molar-refractivity contribution in [1.29, 1.82) is 0 Å². The van der Waals surface area contributed by atoms with E-state index in [9.17, 15) is 5.11 Å². The number of likely N-dealkylation sites (tertiary alicyclic amines) is 2. The molecule has 2 saturated heterocycles. The molecule has 3 aromatic rings. The Bertz CT molecular complexity index is 1120. The van der Waals surface area contributed by atoms with Gasteiger partial charge in [-0.25, -0.2) is 0 Å². The van der Waals surface area contributed by atoms with Gasteiger partial charge in [0.25, 0.3) is 0 Å². The largest absolute Gasteiger partial charge is 0.393 e. The first-order chi connectivity index (χ1) is 17.5. The summed E-state index contributed by atoms with van der Waals surface area (Å²) in [7, 11) is 0. The quantitative estimate of drug-likeness (QED) is 0.368. The molecular weight excluding hydrogens is 487 g/mol. The van der Waals surface area contributed by atoms with E-state index in [1.54, 1.807) is 0 Å². The van der Waals surface area contributed by atoms with E-state index in [0.717, 1.165) is 45.6 Å². The van der Waals surface area contributed by atoms with Gasteiger partial charge in [-0.2, -0.15) is 0 Å². The van der Waals surface area contributed by atoms with Crippen LogP contribution in [0.25, 0.3) is 11.1 Å². The first-order valence-electron chi connectivity index (χ1n) is 13.3. The molecule has 5 rings (SSSR count). The van der Waals surface area contributed by atoms with Crippen LogP contribution in [0.5, 0.6) is 0 Å². The minimum Gasteiger partial charge on any atom is -0.393 e. The Kier molecular flexibility index (Phi) is 8.66. The fraction of sp³-hybridized carbons (Fsp3) is 0.419. The van der Waals surface area contributed by atoms with Crippen LogP contribution >= 0.6 is 23.2 Å². The van der Waals surface area contributed by atoms with E-state index in [-0.39, 0.29) is 6.10 Å². The van der Waals surface area contributed by atoms with E-state index in [1.807, 2.05) is 12.1 Å². The maximum atomic E-state index is 10.6. The lowest BCUT2D eigenvalue weighted by atomic mass is 9.84. The molecule has 3 nitrogen and oxygen atoms in total. The van der Waals surface area contributed by atoms with Gasteiger partial charge < -0.3 is 5.11 Å². The average molecular weight is 524 g/mol. The van der Waals surface area contributed by atoms with Gasteiger partial charge in [-0.3, -0.25) is 9.80 Å². The zero-order valence-corrected chi connectivity index (χ0v) is 22.3. The van der Waals surface area contributed by atoms with Crippen molar-refractivity contribution < 1.29 is 5.11 Å². The monoisotopic (exact) mass is 522 g/mol. The highest BCUT2D eigenvalue weighted by Crippen LogP contribution is 2.33. The minimum atomic E-state index is -0.178. The fourth-order valence-corrected chi connectivity index (χ4v) is 6.32. The molecule has 0 radical (unpaired) electrons. The third-order valence-corrected chi connectivity index (χ3v) is 8.72. The highest BCUT2D eigenvalue weighted by Gasteiger charge is 2.34. The van der Waals surface area contributed by atoms with Crippen LogP contribution in [-0.2, 0) is 13.1 Å². The van der Waals surface area contributed by atoms with Crippen LogP contribution < -0.4 is 0 Å². The highest BCUT2D eigenvalue weighted by atomic mass is 35.5. The normalized spacial score (nSPS) is 23.9. The number of aliphatic hydroxyl groups excluding tert-OH is 1. The molecule has 0 spiro atoms. The van der Waals surface area contributed by atoms with Crippen molar-refractivity contribution in [3.63, 3.8) is 0 Å². The summed E-state index contributed by atoms with van der Waals surface area (Å²) in [6.45, 7) is 5.02. The number of rotatable bonds is 6. The Morgan fingerprint density at radius 1 is 0.722 bits per heavy atom. The lowest BCUT2D eigenvalue weighted by Gasteiger charge is -2.42. The highest BCUT2D eigenvalue weighted by molar-refractivity contribution is 6.42. The molecule has 3 atom stereocenters. The van der Waals surface area contributed by atoms with Crippen molar-refractivity contribution in [1.82, 2.24) is 9.80 Å². The van der Waals surface area contributed by atoms with Crippen molar-refractivity contribution in [3.8, 4) is 11.1 Å². The third-order valence-electron chi connectivity index (χ3n) is 7.98. The second-order valence-corrected chi connectivity index (χ2v) is 11.3. The molecule has 0 saturated carbocycles. The summed E-state index contributed by atoms with van der Waals surface area (Å²) in [6, 6.07) is 26.0. The molecule has 3 unspecified atom stereocenters. The third kappa shape index (κ3) is 6.51. The first kappa shape index (κ1) is 25.8. The topological polar surface area (TPSA) is 26.7 Å². The smallest absolute Gasteiger partial charge is 0.0595 e. The predicted molar refractivity (Wildman–Crippen MR) is 150 cm³/mol. The number of benzene rings is 3. The van der Waals surface area contributed by atoms with Gasteiger partial charge >= 0.3 is 0 Å². The molecule has 36 heavy (non-hydrogen) atoms. The number of hydrogen-bond acceptors (Lipinski definition) is 3. The van der Waals surface area contributed by atoms with Crippen molar-refractivity contribution in [3.05, 3.63) is 94.0 Å². The summed E-state index contributed by atoms with van der Waals surface area (Å²) in [5, 5.41) is 11.8. The Balaban J connectivity index is 1.22. The van der Waals surface area contributed by atoms with Gasteiger partial charge in [-0.05, 0) is 85.5 Å². The molecule has 2 fully saturated rings. The van der Waals surface area contributed by atoms with E-state index in [0.29, 0.717) is 22.0 Å². The van der Waals surface area contributed by atoms with Crippen molar-refractivity contribution in [2.45, 2.75) is 57.3 Å². The van der Waals surface area contributed by atoms with Crippen LogP contribution in [0.15, 0.2) is 72.8 Å². The number of halogens is 2. The summed E-state index contributed by atoms with van der Waals surface area (Å²) in [4.78, 5) is 5.19. The van der Waals surface area contributed by atoms with Crippen molar-refractivity contribution in [2.24, 2.45) is 5.92 Å². The van der Waals surface area contributed by atoms with E-state index in [1.165, 1.54) is 41.5 Å². The van der Waals surface area contributed by atoms with E-state index < -0.39 is 0 Å². The minimum absolute atomic E-state index is 0.178. The first-order valence-corrected chi connectivity index (χ1v) is 14.0. The zero-order valence-electron chi connectivity index (χ0n) is 20.8. The molecule has 5 heteroatoms. The number of piperidine rings is 1. The number of aliphatic hydroxyl groups is 1.